The van der Waals surface area contributed by atoms with Crippen LogP contribution in [0.4, 0.5) is 5.82 Å². The lowest BCUT2D eigenvalue weighted by Crippen LogP contribution is -2.05. The minimum atomic E-state index is 0.529. The monoisotopic (exact) mass is 242 g/mol. The topological polar surface area (TPSA) is 67.5 Å². The predicted octanol–water partition coefficient (Wildman–Crippen LogP) is 1.88. The quantitative estimate of drug-likeness (QED) is 0.507. The number of rotatable bonds is 3. The summed E-state index contributed by atoms with van der Waals surface area (Å²) >= 11 is 0. The maximum absolute atomic E-state index is 4.27. The average Bonchev–Trinajstić information content (AvgIpc) is 2.87. The van der Waals surface area contributed by atoms with E-state index in [1.165, 1.54) is 6.42 Å². The molecule has 0 amide bonds. The van der Waals surface area contributed by atoms with Crippen molar-refractivity contribution in [1.82, 2.24) is 19.8 Å². The number of fused-ring (bicyclic) bond motifs is 1. The molecule has 2 aromatic rings. The number of nitrogens with zero attached hydrogens (tertiary/aromatic N) is 5. The van der Waals surface area contributed by atoms with Gasteiger partial charge in [0.1, 0.15) is 6.33 Å². The predicted molar refractivity (Wildman–Crippen MR) is 69.4 cm³/mol. The third kappa shape index (κ3) is 2.37. The van der Waals surface area contributed by atoms with Crippen LogP contribution in [0.15, 0.2) is 35.7 Å². The van der Waals surface area contributed by atoms with Crippen LogP contribution in [0.2, 0.25) is 0 Å². The van der Waals surface area contributed by atoms with E-state index in [1.54, 1.807) is 10.8 Å². The van der Waals surface area contributed by atoms with Crippen molar-refractivity contribution in [1.29, 1.82) is 0 Å². The van der Waals surface area contributed by atoms with E-state index >= 15 is 0 Å². The van der Waals surface area contributed by atoms with Gasteiger partial charge in [-0.2, -0.15) is 9.62 Å². The lowest BCUT2D eigenvalue weighted by Gasteiger charge is -2.11. The molecule has 1 unspecified atom stereocenters. The van der Waals surface area contributed by atoms with E-state index in [4.69, 9.17) is 0 Å². The molecule has 2 heterocycles. The van der Waals surface area contributed by atoms with Gasteiger partial charge in [-0.1, -0.05) is 12.2 Å². The summed E-state index contributed by atoms with van der Waals surface area (Å²) in [6.07, 6.45) is 11.3. The summed E-state index contributed by atoms with van der Waals surface area (Å²) in [5.41, 5.74) is 3.66. The van der Waals surface area contributed by atoms with Gasteiger partial charge < -0.3 is 0 Å². The van der Waals surface area contributed by atoms with Gasteiger partial charge in [-0.05, 0) is 37.3 Å². The number of nitrogens with one attached hydrogen (secondary N) is 1. The smallest absolute Gasteiger partial charge is 0.177 e. The summed E-state index contributed by atoms with van der Waals surface area (Å²) in [5.74, 6) is 1.21. The van der Waals surface area contributed by atoms with Crippen LogP contribution < -0.4 is 5.43 Å². The summed E-state index contributed by atoms with van der Waals surface area (Å²) in [6, 6.07) is 3.68. The van der Waals surface area contributed by atoms with E-state index in [1.807, 2.05) is 18.3 Å². The third-order valence-electron chi connectivity index (χ3n) is 2.94. The number of anilines is 1. The largest absolute Gasteiger partial charge is 0.260 e. The second-order valence-electron chi connectivity index (χ2n) is 4.29. The lowest BCUT2D eigenvalue weighted by atomic mass is 9.96. The molecular formula is C12H14N6. The van der Waals surface area contributed by atoms with Crippen LogP contribution in [0.3, 0.4) is 0 Å². The molecule has 1 aliphatic rings. The molecule has 1 aliphatic carbocycles. The fourth-order valence-corrected chi connectivity index (χ4v) is 1.95. The molecule has 0 spiro atoms. The van der Waals surface area contributed by atoms with Crippen molar-refractivity contribution in [3.05, 3.63) is 30.6 Å². The highest BCUT2D eigenvalue weighted by atomic mass is 15.4. The van der Waals surface area contributed by atoms with E-state index < -0.39 is 0 Å². The first-order chi connectivity index (χ1) is 8.92. The van der Waals surface area contributed by atoms with Gasteiger partial charge >= 0.3 is 0 Å². The van der Waals surface area contributed by atoms with Crippen LogP contribution in [0.25, 0.3) is 5.65 Å². The Morgan fingerprint density at radius 2 is 2.39 bits per heavy atom. The van der Waals surface area contributed by atoms with Gasteiger partial charge in [0, 0.05) is 6.21 Å². The van der Waals surface area contributed by atoms with E-state index in [9.17, 15) is 0 Å². The highest BCUT2D eigenvalue weighted by Crippen LogP contribution is 2.15. The van der Waals surface area contributed by atoms with E-state index in [0.29, 0.717) is 11.7 Å². The Morgan fingerprint density at radius 1 is 1.39 bits per heavy atom. The molecule has 0 saturated heterocycles. The first kappa shape index (κ1) is 10.9. The zero-order valence-electron chi connectivity index (χ0n) is 9.90. The number of hydrogen-bond donors (Lipinski definition) is 1. The zero-order chi connectivity index (χ0) is 12.2. The Bertz CT molecular complexity index is 585. The fourth-order valence-electron chi connectivity index (χ4n) is 1.95. The third-order valence-corrected chi connectivity index (χ3v) is 2.94. The van der Waals surface area contributed by atoms with Crippen molar-refractivity contribution >= 4 is 17.7 Å². The molecule has 1 atom stereocenters. The van der Waals surface area contributed by atoms with Crippen molar-refractivity contribution in [2.24, 2.45) is 11.0 Å². The normalized spacial score (nSPS) is 19.7. The summed E-state index contributed by atoms with van der Waals surface area (Å²) in [5, 5.41) is 16.2. The van der Waals surface area contributed by atoms with Gasteiger partial charge in [0.05, 0.1) is 0 Å². The first-order valence-electron chi connectivity index (χ1n) is 6.03. The summed E-state index contributed by atoms with van der Waals surface area (Å²) in [6.45, 7) is 0. The van der Waals surface area contributed by atoms with Gasteiger partial charge in [0.25, 0.3) is 0 Å². The minimum Gasteiger partial charge on any atom is -0.260 e. The summed E-state index contributed by atoms with van der Waals surface area (Å²) in [4.78, 5) is 0. The molecule has 6 heteroatoms. The Labute approximate surface area is 104 Å². The molecule has 0 radical (unpaired) electrons. The van der Waals surface area contributed by atoms with Crippen molar-refractivity contribution in [3.63, 3.8) is 0 Å². The molecule has 18 heavy (non-hydrogen) atoms. The number of allylic oxidation sites excluding steroid dienone is 2. The van der Waals surface area contributed by atoms with E-state index in [-0.39, 0.29) is 0 Å². The second-order valence-corrected chi connectivity index (χ2v) is 4.29. The molecular weight excluding hydrogens is 228 g/mol. The number of hydrazone groups is 1. The molecule has 2 aromatic heterocycles. The lowest BCUT2D eigenvalue weighted by molar-refractivity contribution is 0.627. The molecule has 1 N–H and O–H groups in total. The average molecular weight is 242 g/mol. The van der Waals surface area contributed by atoms with Gasteiger partial charge in [0.2, 0.25) is 0 Å². The van der Waals surface area contributed by atoms with Crippen LogP contribution in [0.1, 0.15) is 19.3 Å². The van der Waals surface area contributed by atoms with Crippen LogP contribution in [-0.2, 0) is 0 Å². The molecule has 3 rings (SSSR count). The highest BCUT2D eigenvalue weighted by Gasteiger charge is 2.06. The van der Waals surface area contributed by atoms with Gasteiger partial charge in [0.15, 0.2) is 11.5 Å². The van der Waals surface area contributed by atoms with Crippen LogP contribution >= 0.6 is 0 Å². The Morgan fingerprint density at radius 3 is 3.28 bits per heavy atom. The maximum atomic E-state index is 4.27. The Hall–Kier alpha value is -2.24. The van der Waals surface area contributed by atoms with Crippen molar-refractivity contribution in [2.75, 3.05) is 5.43 Å². The standard InChI is InChI=1S/C12H14N6/c1-2-4-10(5-3-1)8-13-15-11-6-7-12-16-14-9-18(12)17-11/h1-2,6-10H,3-5H2,(H,15,17). The number of aromatic nitrogens is 4. The van der Waals surface area contributed by atoms with Crippen molar-refractivity contribution < 1.29 is 0 Å². The summed E-state index contributed by atoms with van der Waals surface area (Å²) < 4.78 is 1.61. The van der Waals surface area contributed by atoms with E-state index in [2.05, 4.69) is 38.0 Å². The van der Waals surface area contributed by atoms with E-state index in [0.717, 1.165) is 18.5 Å². The molecule has 0 bridgehead atoms. The SMILES string of the molecule is C1=CCC(C=NNc2ccc3nncn3n2)CC1. The second kappa shape index (κ2) is 4.95. The molecule has 6 nitrogen and oxygen atoms in total. The summed E-state index contributed by atoms with van der Waals surface area (Å²) in [7, 11) is 0. The Balaban J connectivity index is 1.65. The van der Waals surface area contributed by atoms with Gasteiger partial charge in [-0.15, -0.1) is 15.3 Å². The van der Waals surface area contributed by atoms with Crippen molar-refractivity contribution in [2.45, 2.75) is 19.3 Å². The van der Waals surface area contributed by atoms with Crippen LogP contribution in [-0.4, -0.2) is 26.0 Å². The fraction of sp³-hybridized carbons (Fsp3) is 0.333. The molecule has 0 saturated carbocycles. The molecule has 92 valence electrons. The van der Waals surface area contributed by atoms with Crippen LogP contribution in [0, 0.1) is 5.92 Å². The van der Waals surface area contributed by atoms with Gasteiger partial charge in [-0.25, -0.2) is 0 Å². The molecule has 0 aliphatic heterocycles. The zero-order valence-corrected chi connectivity index (χ0v) is 9.90. The highest BCUT2D eigenvalue weighted by molar-refractivity contribution is 5.62. The molecule has 0 fully saturated rings. The number of hydrogen-bond acceptors (Lipinski definition) is 5. The molecule has 0 aromatic carbocycles. The maximum Gasteiger partial charge on any atom is 0.177 e. The Kier molecular flexibility index (Phi) is 2.99. The minimum absolute atomic E-state index is 0.529. The van der Waals surface area contributed by atoms with Gasteiger partial charge in [-0.3, -0.25) is 5.43 Å². The van der Waals surface area contributed by atoms with Crippen LogP contribution in [0.5, 0.6) is 0 Å². The first-order valence-corrected chi connectivity index (χ1v) is 6.03. The van der Waals surface area contributed by atoms with Crippen molar-refractivity contribution in [3.8, 4) is 0 Å².